The molecule has 13 heteroatoms. The van der Waals surface area contributed by atoms with Gasteiger partial charge < -0.3 is 27.0 Å². The van der Waals surface area contributed by atoms with Crippen LogP contribution in [-0.2, 0) is 24.4 Å². The van der Waals surface area contributed by atoms with E-state index in [1.165, 1.54) is 24.3 Å². The van der Waals surface area contributed by atoms with Gasteiger partial charge in [0.05, 0.1) is 16.0 Å². The summed E-state index contributed by atoms with van der Waals surface area (Å²) in [6.07, 6.45) is 5.43. The molecule has 0 heterocycles. The maximum atomic E-state index is 13.2. The lowest BCUT2D eigenvalue weighted by Gasteiger charge is -2.37. The number of ketones is 2. The van der Waals surface area contributed by atoms with Crippen molar-refractivity contribution >= 4 is 33.4 Å². The Balaban J connectivity index is 1.85. The van der Waals surface area contributed by atoms with Crippen molar-refractivity contribution in [3.63, 3.8) is 0 Å². The van der Waals surface area contributed by atoms with E-state index in [9.17, 15) is 27.6 Å². The van der Waals surface area contributed by atoms with Gasteiger partial charge in [0.15, 0.2) is 0 Å². The molecule has 0 unspecified atom stereocenters. The van der Waals surface area contributed by atoms with Crippen LogP contribution in [0.25, 0.3) is 0 Å². The zero-order valence-electron chi connectivity index (χ0n) is 30.1. The highest BCUT2D eigenvalue weighted by Gasteiger charge is 2.34. The average Bonchev–Trinajstić information content (AvgIpc) is 3.04. The quantitative estimate of drug-likeness (QED) is 0.105. The summed E-state index contributed by atoms with van der Waals surface area (Å²) in [5, 5.41) is 12.8. The second-order valence-corrected chi connectivity index (χ2v) is 16.6. The molecule has 272 valence electrons. The number of benzene rings is 1. The van der Waals surface area contributed by atoms with Crippen molar-refractivity contribution in [2.45, 2.75) is 109 Å². The molecule has 0 atom stereocenters. The molecule has 1 aliphatic carbocycles. The first kappa shape index (κ1) is 41.5. The van der Waals surface area contributed by atoms with Crippen LogP contribution < -0.4 is 31.7 Å². The maximum Gasteiger partial charge on any atom is 0.251 e. The van der Waals surface area contributed by atoms with Crippen molar-refractivity contribution in [2.75, 3.05) is 39.3 Å². The average molecular weight is 693 g/mol. The predicted molar refractivity (Wildman–Crippen MR) is 189 cm³/mol. The van der Waals surface area contributed by atoms with Gasteiger partial charge in [-0.25, -0.2) is 13.1 Å². The summed E-state index contributed by atoms with van der Waals surface area (Å²) >= 11 is 0. The fraction of sp³-hybridized carbons (Fsp3) is 0.714. The Labute approximate surface area is 288 Å². The van der Waals surface area contributed by atoms with Crippen molar-refractivity contribution in [1.29, 1.82) is 0 Å². The van der Waals surface area contributed by atoms with E-state index >= 15 is 0 Å². The van der Waals surface area contributed by atoms with E-state index in [2.05, 4.69) is 26.0 Å². The van der Waals surface area contributed by atoms with E-state index in [0.717, 1.165) is 25.7 Å². The van der Waals surface area contributed by atoms with E-state index < -0.39 is 26.5 Å². The van der Waals surface area contributed by atoms with E-state index in [4.69, 9.17) is 5.73 Å². The molecule has 1 aromatic rings. The molecule has 1 fully saturated rings. The molecule has 12 nitrogen and oxygen atoms in total. The summed E-state index contributed by atoms with van der Waals surface area (Å²) in [6, 6.07) is 5.90. The van der Waals surface area contributed by atoms with Crippen LogP contribution in [0, 0.1) is 17.3 Å². The smallest absolute Gasteiger partial charge is 0.251 e. The molecule has 0 aliphatic heterocycles. The molecule has 2 amide bonds. The van der Waals surface area contributed by atoms with Gasteiger partial charge in [-0.3, -0.25) is 19.2 Å². The minimum Gasteiger partial charge on any atom is -0.355 e. The fourth-order valence-electron chi connectivity index (χ4n) is 5.24. The predicted octanol–water partition coefficient (Wildman–Crippen LogP) is 2.67. The lowest BCUT2D eigenvalue weighted by molar-refractivity contribution is -0.127. The highest BCUT2D eigenvalue weighted by atomic mass is 32.2. The number of hydrogen-bond donors (Lipinski definition) is 6. The van der Waals surface area contributed by atoms with Crippen LogP contribution in [0.15, 0.2) is 29.2 Å². The first-order valence-electron chi connectivity index (χ1n) is 17.2. The van der Waals surface area contributed by atoms with Crippen molar-refractivity contribution in [3.8, 4) is 0 Å². The number of hydrogen-bond acceptors (Lipinski definition) is 9. The van der Waals surface area contributed by atoms with Gasteiger partial charge in [-0.15, -0.1) is 0 Å². The van der Waals surface area contributed by atoms with Gasteiger partial charge in [0.25, 0.3) is 5.91 Å². The van der Waals surface area contributed by atoms with E-state index in [0.29, 0.717) is 64.1 Å². The molecule has 0 spiro atoms. The molecule has 1 aliphatic rings. The molecular formula is C35H60N6O6S. The summed E-state index contributed by atoms with van der Waals surface area (Å²) in [6.45, 7) is 15.1. The van der Waals surface area contributed by atoms with Crippen LogP contribution >= 0.6 is 0 Å². The molecule has 2 rings (SSSR count). The first-order chi connectivity index (χ1) is 22.3. The second kappa shape index (κ2) is 18.3. The molecule has 1 saturated carbocycles. The molecule has 0 aromatic heterocycles. The number of sulfonamides is 1. The Bertz CT molecular complexity index is 1310. The van der Waals surface area contributed by atoms with Crippen molar-refractivity contribution < 1.29 is 27.6 Å². The van der Waals surface area contributed by atoms with E-state index in [-0.39, 0.29) is 40.1 Å². The number of carbonyl (C=O) groups is 4. The van der Waals surface area contributed by atoms with Crippen LogP contribution in [0.5, 0.6) is 0 Å². The van der Waals surface area contributed by atoms with Crippen molar-refractivity contribution in [3.05, 3.63) is 29.8 Å². The number of amides is 2. The van der Waals surface area contributed by atoms with Crippen LogP contribution in [0.1, 0.15) is 104 Å². The van der Waals surface area contributed by atoms with Crippen LogP contribution in [0.3, 0.4) is 0 Å². The largest absolute Gasteiger partial charge is 0.355 e. The highest BCUT2D eigenvalue weighted by molar-refractivity contribution is 7.89. The third-order valence-corrected chi connectivity index (χ3v) is 11.2. The van der Waals surface area contributed by atoms with Gasteiger partial charge in [0.1, 0.15) is 11.6 Å². The summed E-state index contributed by atoms with van der Waals surface area (Å²) in [5.74, 6) is -0.145. The number of rotatable bonds is 21. The SMILES string of the molecule is CC(=O)C(C)(C)NCC(C)(CNC(=O)C1CCC(CNC(=O)c2ccc(S(=O)(=O)NCCCCCN)cc2)CC1)CNC(C)(C)C(C)=O. The van der Waals surface area contributed by atoms with E-state index in [1.807, 2.05) is 34.6 Å². The molecule has 0 bridgehead atoms. The Hall–Kier alpha value is -2.71. The van der Waals surface area contributed by atoms with Crippen molar-refractivity contribution in [2.24, 2.45) is 23.0 Å². The standard InChI is InChI=1S/C35H60N6O6S/c1-25(42)33(3,4)39-23-35(7,24-40-34(5,6)26(2)43)22-38-32(45)28-13-11-27(12-14-28)21-37-31(44)29-15-17-30(18-16-29)48(46,47)41-20-10-8-9-19-36/h15-18,27-28,39-41H,8-14,19-24,36H2,1-7H3,(H,37,44)(H,38,45). The third-order valence-electron chi connectivity index (χ3n) is 9.73. The second-order valence-electron chi connectivity index (χ2n) is 14.8. The van der Waals surface area contributed by atoms with Gasteiger partial charge >= 0.3 is 0 Å². The normalized spacial score (nSPS) is 17.5. The molecule has 7 N–H and O–H groups in total. The van der Waals surface area contributed by atoms with Crippen LogP contribution in [-0.4, -0.2) is 82.1 Å². The number of nitrogens with two attached hydrogens (primary N) is 1. The van der Waals surface area contributed by atoms with Crippen molar-refractivity contribution in [1.82, 2.24) is 26.0 Å². The van der Waals surface area contributed by atoms with Crippen LogP contribution in [0.4, 0.5) is 0 Å². The lowest BCUT2D eigenvalue weighted by Crippen LogP contribution is -2.57. The Morgan fingerprint density at radius 1 is 0.771 bits per heavy atom. The van der Waals surface area contributed by atoms with Gasteiger partial charge in [0.2, 0.25) is 15.9 Å². The maximum absolute atomic E-state index is 13.2. The number of Topliss-reactive ketones (excluding diaryl/α,β-unsaturated/α-hetero) is 2. The Morgan fingerprint density at radius 3 is 1.81 bits per heavy atom. The van der Waals surface area contributed by atoms with Gasteiger partial charge in [-0.2, -0.15) is 0 Å². The Kier molecular flexibility index (Phi) is 15.8. The molecule has 0 radical (unpaired) electrons. The van der Waals surface area contributed by atoms with Gasteiger partial charge in [-0.05, 0) is 117 Å². The monoisotopic (exact) mass is 692 g/mol. The molecule has 48 heavy (non-hydrogen) atoms. The number of nitrogens with one attached hydrogen (secondary N) is 5. The van der Waals surface area contributed by atoms with Crippen LogP contribution in [0.2, 0.25) is 0 Å². The fourth-order valence-corrected chi connectivity index (χ4v) is 6.31. The van der Waals surface area contributed by atoms with E-state index in [1.54, 1.807) is 13.8 Å². The lowest BCUT2D eigenvalue weighted by atomic mass is 9.81. The minimum atomic E-state index is -3.65. The minimum absolute atomic E-state index is 0.0135. The first-order valence-corrected chi connectivity index (χ1v) is 18.7. The summed E-state index contributed by atoms with van der Waals surface area (Å²) in [5.41, 5.74) is 3.94. The zero-order chi connectivity index (χ0) is 36.2. The molecular weight excluding hydrogens is 632 g/mol. The Morgan fingerprint density at radius 2 is 1.31 bits per heavy atom. The summed E-state index contributed by atoms with van der Waals surface area (Å²) in [4.78, 5) is 50.3. The number of unbranched alkanes of at least 4 members (excludes halogenated alkanes) is 2. The highest BCUT2D eigenvalue weighted by Crippen LogP contribution is 2.29. The third kappa shape index (κ3) is 13.3. The molecule has 1 aromatic carbocycles. The summed E-state index contributed by atoms with van der Waals surface area (Å²) in [7, 11) is -3.65. The van der Waals surface area contributed by atoms with Gasteiger partial charge in [-0.1, -0.05) is 13.3 Å². The summed E-state index contributed by atoms with van der Waals surface area (Å²) < 4.78 is 27.6. The molecule has 0 saturated heterocycles. The topological polar surface area (TPSA) is 189 Å². The zero-order valence-corrected chi connectivity index (χ0v) is 30.9. The van der Waals surface area contributed by atoms with Gasteiger partial charge in [0, 0.05) is 49.6 Å². The number of carbonyl (C=O) groups excluding carboxylic acids is 4.